The number of nitrogen functional groups attached to an aromatic ring is 1. The van der Waals surface area contributed by atoms with Crippen LogP contribution in [0, 0.1) is 0 Å². The molecule has 0 aliphatic carbocycles. The number of anilines is 2. The number of carbonyl (C=O) groups is 2. The third-order valence-electron chi connectivity index (χ3n) is 5.42. The minimum absolute atomic E-state index is 0.135. The number of nitrogens with one attached hydrogen (secondary N) is 2. The van der Waals surface area contributed by atoms with Gasteiger partial charge in [0.05, 0.1) is 17.5 Å². The molecule has 0 spiro atoms. The molecule has 3 aromatic rings. The van der Waals surface area contributed by atoms with Crippen LogP contribution in [0.2, 0.25) is 0 Å². The Morgan fingerprint density at radius 1 is 0.969 bits per heavy atom. The second-order valence-corrected chi connectivity index (χ2v) is 7.52. The van der Waals surface area contributed by atoms with Crippen molar-refractivity contribution in [1.82, 2.24) is 5.32 Å². The van der Waals surface area contributed by atoms with Gasteiger partial charge in [0.2, 0.25) is 5.91 Å². The number of aromatic carboxylic acids is 1. The van der Waals surface area contributed by atoms with Crippen molar-refractivity contribution in [1.29, 1.82) is 0 Å². The molecule has 0 aromatic heterocycles. The molecule has 0 aliphatic heterocycles. The van der Waals surface area contributed by atoms with E-state index in [1.54, 1.807) is 43.4 Å². The Labute approximate surface area is 187 Å². The third kappa shape index (κ3) is 5.32. The molecular formula is C25H28N4O3. The van der Waals surface area contributed by atoms with Crippen LogP contribution < -0.4 is 22.1 Å². The number of carbonyl (C=O) groups excluding carboxylic acids is 1. The highest BCUT2D eigenvalue weighted by atomic mass is 16.4. The lowest BCUT2D eigenvalue weighted by atomic mass is 9.94. The molecule has 0 saturated heterocycles. The van der Waals surface area contributed by atoms with Crippen LogP contribution in [0.4, 0.5) is 11.4 Å². The topological polar surface area (TPSA) is 130 Å². The SMILES string of the molecule is CNC(c1ccc(C(=O)O)cc1)c1cc(NC(=O)C(CCN)c2ccccc2)ccc1N. The van der Waals surface area contributed by atoms with E-state index in [0.29, 0.717) is 24.3 Å². The van der Waals surface area contributed by atoms with E-state index in [9.17, 15) is 9.59 Å². The predicted molar refractivity (Wildman–Crippen MR) is 127 cm³/mol. The summed E-state index contributed by atoms with van der Waals surface area (Å²) in [6.45, 7) is 0.397. The normalized spacial score (nSPS) is 12.7. The van der Waals surface area contributed by atoms with Gasteiger partial charge in [-0.15, -0.1) is 0 Å². The average Bonchev–Trinajstić information content (AvgIpc) is 2.80. The highest BCUT2D eigenvalue weighted by Gasteiger charge is 2.21. The van der Waals surface area contributed by atoms with Crippen molar-refractivity contribution in [2.75, 3.05) is 24.6 Å². The van der Waals surface area contributed by atoms with E-state index in [4.69, 9.17) is 16.6 Å². The van der Waals surface area contributed by atoms with Crippen molar-refractivity contribution in [3.8, 4) is 0 Å². The molecule has 1 amide bonds. The Hall–Kier alpha value is -3.68. The molecule has 7 heteroatoms. The van der Waals surface area contributed by atoms with Gasteiger partial charge in [-0.2, -0.15) is 0 Å². The average molecular weight is 433 g/mol. The fourth-order valence-corrected chi connectivity index (χ4v) is 3.75. The van der Waals surface area contributed by atoms with Crippen LogP contribution in [-0.2, 0) is 4.79 Å². The molecule has 3 aromatic carbocycles. The summed E-state index contributed by atoms with van der Waals surface area (Å²) in [6, 6.07) is 21.3. The van der Waals surface area contributed by atoms with Crippen LogP contribution in [0.5, 0.6) is 0 Å². The highest BCUT2D eigenvalue weighted by molar-refractivity contribution is 5.96. The van der Waals surface area contributed by atoms with Crippen molar-refractivity contribution < 1.29 is 14.7 Å². The van der Waals surface area contributed by atoms with Gasteiger partial charge in [0.1, 0.15) is 0 Å². The molecule has 2 atom stereocenters. The molecule has 166 valence electrons. The number of carboxylic acids is 1. The van der Waals surface area contributed by atoms with Gasteiger partial charge in [0.25, 0.3) is 0 Å². The fourth-order valence-electron chi connectivity index (χ4n) is 3.75. The quantitative estimate of drug-likeness (QED) is 0.330. The lowest BCUT2D eigenvalue weighted by molar-refractivity contribution is -0.117. The van der Waals surface area contributed by atoms with Crippen LogP contribution in [0.15, 0.2) is 72.8 Å². The van der Waals surface area contributed by atoms with E-state index >= 15 is 0 Å². The van der Waals surface area contributed by atoms with Crippen molar-refractivity contribution >= 4 is 23.3 Å². The fraction of sp³-hybridized carbons (Fsp3) is 0.200. The van der Waals surface area contributed by atoms with Crippen LogP contribution in [0.1, 0.15) is 45.4 Å². The van der Waals surface area contributed by atoms with E-state index < -0.39 is 5.97 Å². The Bertz CT molecular complexity index is 1070. The monoisotopic (exact) mass is 432 g/mol. The first-order valence-electron chi connectivity index (χ1n) is 10.4. The van der Waals surface area contributed by atoms with Gasteiger partial charge >= 0.3 is 5.97 Å². The Kier molecular flexibility index (Phi) is 7.59. The molecule has 3 rings (SSSR count). The van der Waals surface area contributed by atoms with E-state index in [1.165, 1.54) is 0 Å². The van der Waals surface area contributed by atoms with Crippen LogP contribution in [0.25, 0.3) is 0 Å². The summed E-state index contributed by atoms with van der Waals surface area (Å²) in [5.41, 5.74) is 16.0. The summed E-state index contributed by atoms with van der Waals surface area (Å²) in [5, 5.41) is 15.3. The zero-order chi connectivity index (χ0) is 23.1. The van der Waals surface area contributed by atoms with Gasteiger partial charge in [0.15, 0.2) is 0 Å². The highest BCUT2D eigenvalue weighted by Crippen LogP contribution is 2.30. The molecule has 2 unspecified atom stereocenters. The second kappa shape index (κ2) is 10.6. The Morgan fingerprint density at radius 3 is 2.25 bits per heavy atom. The summed E-state index contributed by atoms with van der Waals surface area (Å²) in [5.74, 6) is -1.47. The van der Waals surface area contributed by atoms with Crippen molar-refractivity contribution in [2.24, 2.45) is 5.73 Å². The number of hydrogen-bond acceptors (Lipinski definition) is 5. The minimum atomic E-state index is -0.979. The third-order valence-corrected chi connectivity index (χ3v) is 5.42. The molecule has 7 nitrogen and oxygen atoms in total. The molecule has 0 heterocycles. The smallest absolute Gasteiger partial charge is 0.335 e. The number of carboxylic acid groups (broad SMARTS) is 1. The van der Waals surface area contributed by atoms with Crippen LogP contribution in [0.3, 0.4) is 0 Å². The lowest BCUT2D eigenvalue weighted by Crippen LogP contribution is -2.24. The summed E-state index contributed by atoms with van der Waals surface area (Å²) < 4.78 is 0. The summed E-state index contributed by atoms with van der Waals surface area (Å²) in [4.78, 5) is 24.2. The van der Waals surface area contributed by atoms with Crippen molar-refractivity contribution in [3.63, 3.8) is 0 Å². The predicted octanol–water partition coefficient (Wildman–Crippen LogP) is 3.35. The number of rotatable bonds is 9. The number of nitrogens with two attached hydrogens (primary N) is 2. The van der Waals surface area contributed by atoms with E-state index in [0.717, 1.165) is 16.7 Å². The number of benzene rings is 3. The van der Waals surface area contributed by atoms with Gasteiger partial charge in [-0.1, -0.05) is 42.5 Å². The molecule has 32 heavy (non-hydrogen) atoms. The minimum Gasteiger partial charge on any atom is -0.478 e. The van der Waals surface area contributed by atoms with E-state index in [2.05, 4.69) is 10.6 Å². The zero-order valence-corrected chi connectivity index (χ0v) is 17.9. The first-order valence-corrected chi connectivity index (χ1v) is 10.4. The van der Waals surface area contributed by atoms with Crippen molar-refractivity contribution in [3.05, 3.63) is 95.1 Å². The van der Waals surface area contributed by atoms with Crippen LogP contribution in [-0.4, -0.2) is 30.6 Å². The van der Waals surface area contributed by atoms with Gasteiger partial charge in [-0.3, -0.25) is 4.79 Å². The van der Waals surface area contributed by atoms with Crippen LogP contribution >= 0.6 is 0 Å². The maximum Gasteiger partial charge on any atom is 0.335 e. The molecule has 0 bridgehead atoms. The molecule has 0 aliphatic rings. The van der Waals surface area contributed by atoms with Gasteiger partial charge in [0, 0.05) is 11.4 Å². The zero-order valence-electron chi connectivity index (χ0n) is 17.9. The Morgan fingerprint density at radius 2 is 1.66 bits per heavy atom. The van der Waals surface area contributed by atoms with E-state index in [1.807, 2.05) is 36.4 Å². The molecular weight excluding hydrogens is 404 g/mol. The Balaban J connectivity index is 1.86. The van der Waals surface area contributed by atoms with Gasteiger partial charge in [-0.25, -0.2) is 4.79 Å². The molecule has 0 saturated carbocycles. The van der Waals surface area contributed by atoms with Crippen molar-refractivity contribution in [2.45, 2.75) is 18.4 Å². The summed E-state index contributed by atoms with van der Waals surface area (Å²) >= 11 is 0. The summed E-state index contributed by atoms with van der Waals surface area (Å²) in [6.07, 6.45) is 0.534. The molecule has 0 radical (unpaired) electrons. The summed E-state index contributed by atoms with van der Waals surface area (Å²) in [7, 11) is 1.80. The first-order chi connectivity index (χ1) is 15.4. The molecule has 7 N–H and O–H groups in total. The number of hydrogen-bond donors (Lipinski definition) is 5. The first kappa shape index (κ1) is 23.0. The van der Waals surface area contributed by atoms with Gasteiger partial charge < -0.3 is 27.2 Å². The number of amides is 1. The maximum atomic E-state index is 13.0. The lowest BCUT2D eigenvalue weighted by Gasteiger charge is -2.21. The second-order valence-electron chi connectivity index (χ2n) is 7.52. The van der Waals surface area contributed by atoms with E-state index in [-0.39, 0.29) is 23.4 Å². The standard InChI is InChI=1S/C25H28N4O3/c1-28-23(17-7-9-18(10-8-17)25(31)32)21-15-19(11-12-22(21)27)29-24(30)20(13-14-26)16-5-3-2-4-6-16/h2-12,15,20,23,28H,13-14,26-27H2,1H3,(H,29,30)(H,31,32). The molecule has 0 fully saturated rings. The van der Waals surface area contributed by atoms with Gasteiger partial charge in [-0.05, 0) is 67.0 Å². The largest absolute Gasteiger partial charge is 0.478 e. The maximum absolute atomic E-state index is 13.0.